The van der Waals surface area contributed by atoms with Gasteiger partial charge in [0.15, 0.2) is 0 Å². The summed E-state index contributed by atoms with van der Waals surface area (Å²) in [6.07, 6.45) is 0.646. The zero-order valence-electron chi connectivity index (χ0n) is 7.82. The molecule has 0 fully saturated rings. The summed E-state index contributed by atoms with van der Waals surface area (Å²) >= 11 is 7.50. The Morgan fingerprint density at radius 2 is 2.29 bits per heavy atom. The summed E-state index contributed by atoms with van der Waals surface area (Å²) in [5.41, 5.74) is 5.76. The molecule has 0 amide bonds. The van der Waals surface area contributed by atoms with Crippen LogP contribution in [0.5, 0.6) is 0 Å². The van der Waals surface area contributed by atoms with Gasteiger partial charge in [-0.25, -0.2) is 0 Å². The lowest BCUT2D eigenvalue weighted by Gasteiger charge is -2.08. The highest BCUT2D eigenvalue weighted by atomic mass is 35.5. The molecule has 0 aromatic heterocycles. The summed E-state index contributed by atoms with van der Waals surface area (Å²) in [4.78, 5) is 1.12. The molecule has 1 unspecified atom stereocenters. The SMILES string of the molecule is NC(CCO)CSc1cccc(Cl)c1. The van der Waals surface area contributed by atoms with Crippen LogP contribution in [-0.4, -0.2) is 23.5 Å². The Balaban J connectivity index is 2.37. The van der Waals surface area contributed by atoms with Crippen molar-refractivity contribution in [3.8, 4) is 0 Å². The third-order valence-corrected chi connectivity index (χ3v) is 3.18. The second-order valence-corrected chi connectivity index (χ2v) is 4.57. The normalized spacial score (nSPS) is 12.8. The number of thioether (sulfide) groups is 1. The van der Waals surface area contributed by atoms with Gasteiger partial charge < -0.3 is 10.8 Å². The molecule has 0 radical (unpaired) electrons. The van der Waals surface area contributed by atoms with Crippen LogP contribution in [-0.2, 0) is 0 Å². The monoisotopic (exact) mass is 231 g/mol. The summed E-state index contributed by atoms with van der Waals surface area (Å²) < 4.78 is 0. The van der Waals surface area contributed by atoms with Crippen LogP contribution in [0.25, 0.3) is 0 Å². The minimum Gasteiger partial charge on any atom is -0.396 e. The fourth-order valence-electron chi connectivity index (χ4n) is 1.01. The Hall–Kier alpha value is -0.220. The molecule has 1 atom stereocenters. The summed E-state index contributed by atoms with van der Waals surface area (Å²) in [7, 11) is 0. The maximum atomic E-state index is 8.67. The quantitative estimate of drug-likeness (QED) is 0.764. The van der Waals surface area contributed by atoms with E-state index >= 15 is 0 Å². The molecular weight excluding hydrogens is 218 g/mol. The molecule has 0 aliphatic carbocycles. The predicted molar refractivity (Wildman–Crippen MR) is 61.9 cm³/mol. The number of benzene rings is 1. The average Bonchev–Trinajstić information content (AvgIpc) is 2.15. The second-order valence-electron chi connectivity index (χ2n) is 3.04. The zero-order valence-corrected chi connectivity index (χ0v) is 9.39. The topological polar surface area (TPSA) is 46.2 Å². The number of rotatable bonds is 5. The van der Waals surface area contributed by atoms with Gasteiger partial charge in [-0.1, -0.05) is 17.7 Å². The maximum Gasteiger partial charge on any atom is 0.0446 e. The Morgan fingerprint density at radius 3 is 2.93 bits per heavy atom. The van der Waals surface area contributed by atoms with E-state index in [1.165, 1.54) is 0 Å². The second kappa shape index (κ2) is 6.30. The first-order valence-electron chi connectivity index (χ1n) is 4.47. The highest BCUT2D eigenvalue weighted by Crippen LogP contribution is 2.22. The van der Waals surface area contributed by atoms with Crippen molar-refractivity contribution < 1.29 is 5.11 Å². The van der Waals surface area contributed by atoms with Crippen molar-refractivity contribution in [3.05, 3.63) is 29.3 Å². The van der Waals surface area contributed by atoms with E-state index in [1.54, 1.807) is 11.8 Å². The van der Waals surface area contributed by atoms with E-state index in [0.29, 0.717) is 6.42 Å². The van der Waals surface area contributed by atoms with Gasteiger partial charge in [0.1, 0.15) is 0 Å². The number of halogens is 1. The Labute approximate surface area is 93.5 Å². The Kier molecular flexibility index (Phi) is 5.33. The van der Waals surface area contributed by atoms with Crippen LogP contribution in [0.15, 0.2) is 29.2 Å². The third kappa shape index (κ3) is 4.33. The van der Waals surface area contributed by atoms with Crippen LogP contribution in [0.2, 0.25) is 5.02 Å². The van der Waals surface area contributed by atoms with Gasteiger partial charge in [0.05, 0.1) is 0 Å². The summed E-state index contributed by atoms with van der Waals surface area (Å²) in [5, 5.41) is 9.41. The van der Waals surface area contributed by atoms with Gasteiger partial charge >= 0.3 is 0 Å². The van der Waals surface area contributed by atoms with E-state index in [0.717, 1.165) is 15.7 Å². The Morgan fingerprint density at radius 1 is 1.50 bits per heavy atom. The van der Waals surface area contributed by atoms with Crippen LogP contribution in [0.4, 0.5) is 0 Å². The van der Waals surface area contributed by atoms with E-state index in [2.05, 4.69) is 0 Å². The summed E-state index contributed by atoms with van der Waals surface area (Å²) in [6.45, 7) is 0.150. The lowest BCUT2D eigenvalue weighted by molar-refractivity contribution is 0.279. The van der Waals surface area contributed by atoms with Crippen molar-refractivity contribution in [2.24, 2.45) is 5.73 Å². The first kappa shape index (κ1) is 11.9. The fourth-order valence-corrected chi connectivity index (χ4v) is 2.22. The molecule has 0 aliphatic heterocycles. The first-order chi connectivity index (χ1) is 6.72. The van der Waals surface area contributed by atoms with E-state index in [1.807, 2.05) is 24.3 Å². The molecule has 0 heterocycles. The van der Waals surface area contributed by atoms with Crippen molar-refractivity contribution in [2.45, 2.75) is 17.4 Å². The van der Waals surface area contributed by atoms with Crippen LogP contribution in [0.1, 0.15) is 6.42 Å². The number of hydrogen-bond acceptors (Lipinski definition) is 3. The highest BCUT2D eigenvalue weighted by Gasteiger charge is 2.02. The van der Waals surface area contributed by atoms with Gasteiger partial charge in [-0.3, -0.25) is 0 Å². The van der Waals surface area contributed by atoms with Crippen LogP contribution >= 0.6 is 23.4 Å². The first-order valence-corrected chi connectivity index (χ1v) is 5.83. The Bertz CT molecular complexity index is 283. The third-order valence-electron chi connectivity index (χ3n) is 1.76. The zero-order chi connectivity index (χ0) is 10.4. The smallest absolute Gasteiger partial charge is 0.0446 e. The standard InChI is InChI=1S/C10H14ClNOS/c11-8-2-1-3-10(6-8)14-7-9(12)4-5-13/h1-3,6,9,13H,4-5,7,12H2. The van der Waals surface area contributed by atoms with Crippen LogP contribution in [0, 0.1) is 0 Å². The van der Waals surface area contributed by atoms with Crippen molar-refractivity contribution in [1.29, 1.82) is 0 Å². The van der Waals surface area contributed by atoms with Crippen molar-refractivity contribution in [1.82, 2.24) is 0 Å². The van der Waals surface area contributed by atoms with Gasteiger partial charge in [0, 0.05) is 28.3 Å². The molecule has 2 nitrogen and oxygen atoms in total. The molecule has 1 aromatic rings. The lowest BCUT2D eigenvalue weighted by Crippen LogP contribution is -2.23. The highest BCUT2D eigenvalue weighted by molar-refractivity contribution is 7.99. The number of hydrogen-bond donors (Lipinski definition) is 2. The van der Waals surface area contributed by atoms with Gasteiger partial charge in [0.25, 0.3) is 0 Å². The molecule has 4 heteroatoms. The molecule has 78 valence electrons. The van der Waals surface area contributed by atoms with E-state index in [9.17, 15) is 0 Å². The molecule has 0 bridgehead atoms. The minimum atomic E-state index is 0.0454. The molecule has 0 spiro atoms. The van der Waals surface area contributed by atoms with Crippen molar-refractivity contribution >= 4 is 23.4 Å². The van der Waals surface area contributed by atoms with E-state index in [4.69, 9.17) is 22.4 Å². The van der Waals surface area contributed by atoms with Gasteiger partial charge in [0.2, 0.25) is 0 Å². The van der Waals surface area contributed by atoms with Crippen molar-refractivity contribution in [3.63, 3.8) is 0 Å². The van der Waals surface area contributed by atoms with E-state index in [-0.39, 0.29) is 12.6 Å². The summed E-state index contributed by atoms with van der Waals surface area (Å²) in [5.74, 6) is 0.806. The van der Waals surface area contributed by atoms with Crippen LogP contribution < -0.4 is 5.73 Å². The molecule has 0 aliphatic rings. The molecule has 0 saturated carbocycles. The van der Waals surface area contributed by atoms with Gasteiger partial charge in [-0.05, 0) is 24.6 Å². The number of nitrogens with two attached hydrogens (primary N) is 1. The molecule has 1 aromatic carbocycles. The fraction of sp³-hybridized carbons (Fsp3) is 0.400. The molecule has 14 heavy (non-hydrogen) atoms. The molecule has 1 rings (SSSR count). The molecular formula is C10H14ClNOS. The maximum absolute atomic E-state index is 8.67. The van der Waals surface area contributed by atoms with Crippen molar-refractivity contribution in [2.75, 3.05) is 12.4 Å². The molecule has 3 N–H and O–H groups in total. The molecule has 0 saturated heterocycles. The van der Waals surface area contributed by atoms with E-state index < -0.39 is 0 Å². The average molecular weight is 232 g/mol. The lowest BCUT2D eigenvalue weighted by atomic mass is 10.3. The predicted octanol–water partition coefficient (Wildman–Crippen LogP) is 2.14. The number of aliphatic hydroxyl groups excluding tert-OH is 1. The van der Waals surface area contributed by atoms with Gasteiger partial charge in [-0.15, -0.1) is 11.8 Å². The largest absolute Gasteiger partial charge is 0.396 e. The summed E-state index contributed by atoms with van der Waals surface area (Å²) in [6, 6.07) is 7.73. The minimum absolute atomic E-state index is 0.0454. The van der Waals surface area contributed by atoms with Gasteiger partial charge in [-0.2, -0.15) is 0 Å². The number of aliphatic hydroxyl groups is 1. The van der Waals surface area contributed by atoms with Crippen LogP contribution in [0.3, 0.4) is 0 Å².